The molecule has 8 heavy (non-hydrogen) atoms. The molecule has 0 bridgehead atoms. The molecule has 0 spiro atoms. The van der Waals surface area contributed by atoms with Gasteiger partial charge in [-0.15, -0.1) is 0 Å². The van der Waals surface area contributed by atoms with Crippen molar-refractivity contribution in [1.29, 1.82) is 0 Å². The Hall–Kier alpha value is -0.0700. The van der Waals surface area contributed by atoms with Gasteiger partial charge in [-0.3, -0.25) is 0 Å². The minimum absolute atomic E-state index is 0.604. The first-order valence-electron chi connectivity index (χ1n) is 3.25. The third-order valence-corrected chi connectivity index (χ3v) is 0.841. The minimum atomic E-state index is -0.958. The molecule has 0 aliphatic heterocycles. The van der Waals surface area contributed by atoms with Crippen molar-refractivity contribution in [3.05, 3.63) is 0 Å². The molecule has 0 aliphatic carbocycles. The average Bonchev–Trinajstić information content (AvgIpc) is 1.71. The van der Waals surface area contributed by atoms with Gasteiger partial charge in [0.1, 0.15) is 5.67 Å². The van der Waals surface area contributed by atoms with E-state index in [-0.39, 0.29) is 0 Å². The monoisotopic (exact) mass is 120 g/mol. The summed E-state index contributed by atoms with van der Waals surface area (Å²) in [5.41, 5.74) is -0.958. The van der Waals surface area contributed by atoms with Crippen molar-refractivity contribution in [2.75, 3.05) is 0 Å². The van der Waals surface area contributed by atoms with E-state index in [0.717, 1.165) is 0 Å². The van der Waals surface area contributed by atoms with Gasteiger partial charge in [0, 0.05) is 0 Å². The SMILES string of the molecule is CC.CCC(C)(C)F. The lowest BCUT2D eigenvalue weighted by molar-refractivity contribution is 0.210. The Morgan fingerprint density at radius 1 is 1.25 bits per heavy atom. The molecule has 0 rings (SSSR count). The summed E-state index contributed by atoms with van der Waals surface area (Å²) in [5.74, 6) is 0. The van der Waals surface area contributed by atoms with Crippen LogP contribution in [0.15, 0.2) is 0 Å². The molecule has 0 aromatic carbocycles. The van der Waals surface area contributed by atoms with Crippen LogP contribution in [0.1, 0.15) is 41.0 Å². The highest BCUT2D eigenvalue weighted by Gasteiger charge is 2.09. The van der Waals surface area contributed by atoms with Crippen LogP contribution in [0.2, 0.25) is 0 Å². The van der Waals surface area contributed by atoms with E-state index in [1.54, 1.807) is 13.8 Å². The molecule has 1 heteroatoms. The van der Waals surface area contributed by atoms with Crippen molar-refractivity contribution in [3.8, 4) is 0 Å². The molecule has 0 amide bonds. The average molecular weight is 120 g/mol. The molecule has 0 N–H and O–H groups in total. The zero-order valence-corrected chi connectivity index (χ0v) is 6.59. The highest BCUT2D eigenvalue weighted by Crippen LogP contribution is 2.10. The van der Waals surface area contributed by atoms with Crippen molar-refractivity contribution >= 4 is 0 Å². The number of halogens is 1. The molecule has 52 valence electrons. The summed E-state index contributed by atoms with van der Waals surface area (Å²) in [5, 5.41) is 0. The van der Waals surface area contributed by atoms with Crippen molar-refractivity contribution < 1.29 is 4.39 Å². The fraction of sp³-hybridized carbons (Fsp3) is 1.00. The molecular formula is C7H17F. The summed E-state index contributed by atoms with van der Waals surface area (Å²) < 4.78 is 12.1. The summed E-state index contributed by atoms with van der Waals surface area (Å²) in [6.07, 6.45) is 0.604. The van der Waals surface area contributed by atoms with Crippen molar-refractivity contribution in [1.82, 2.24) is 0 Å². The fourth-order valence-electron chi connectivity index (χ4n) is 0. The van der Waals surface area contributed by atoms with Crippen LogP contribution in [0.3, 0.4) is 0 Å². The van der Waals surface area contributed by atoms with Crippen LogP contribution in [0.25, 0.3) is 0 Å². The quantitative estimate of drug-likeness (QED) is 0.498. The van der Waals surface area contributed by atoms with Crippen LogP contribution >= 0.6 is 0 Å². The van der Waals surface area contributed by atoms with E-state index >= 15 is 0 Å². The van der Waals surface area contributed by atoms with Crippen LogP contribution in [0.5, 0.6) is 0 Å². The Morgan fingerprint density at radius 3 is 1.38 bits per heavy atom. The maximum atomic E-state index is 12.1. The van der Waals surface area contributed by atoms with E-state index in [1.807, 2.05) is 20.8 Å². The van der Waals surface area contributed by atoms with E-state index < -0.39 is 5.67 Å². The number of alkyl halides is 1. The van der Waals surface area contributed by atoms with E-state index in [2.05, 4.69) is 0 Å². The van der Waals surface area contributed by atoms with Crippen LogP contribution in [0, 0.1) is 0 Å². The normalized spacial score (nSPS) is 9.75. The topological polar surface area (TPSA) is 0 Å². The van der Waals surface area contributed by atoms with Gasteiger partial charge in [0.15, 0.2) is 0 Å². The molecule has 0 saturated heterocycles. The Bertz CT molecular complexity index is 34.1. The third-order valence-electron chi connectivity index (χ3n) is 0.841. The fourth-order valence-corrected chi connectivity index (χ4v) is 0. The number of hydrogen-bond donors (Lipinski definition) is 0. The Balaban J connectivity index is 0. The minimum Gasteiger partial charge on any atom is -0.245 e. The lowest BCUT2D eigenvalue weighted by atomic mass is 10.1. The van der Waals surface area contributed by atoms with E-state index in [4.69, 9.17) is 0 Å². The second-order valence-corrected chi connectivity index (χ2v) is 2.07. The summed E-state index contributed by atoms with van der Waals surface area (Å²) in [4.78, 5) is 0. The highest BCUT2D eigenvalue weighted by molar-refractivity contribution is 4.60. The summed E-state index contributed by atoms with van der Waals surface area (Å²) in [6.45, 7) is 8.99. The van der Waals surface area contributed by atoms with Gasteiger partial charge in [-0.2, -0.15) is 0 Å². The predicted octanol–water partition coefficient (Wildman–Crippen LogP) is 3.17. The molecule has 0 nitrogen and oxygen atoms in total. The smallest absolute Gasteiger partial charge is 0.105 e. The number of hydrogen-bond acceptors (Lipinski definition) is 0. The molecule has 0 unspecified atom stereocenters. The molecule has 0 radical (unpaired) electrons. The molecular weight excluding hydrogens is 103 g/mol. The van der Waals surface area contributed by atoms with Crippen LogP contribution < -0.4 is 0 Å². The van der Waals surface area contributed by atoms with Gasteiger partial charge in [-0.25, -0.2) is 4.39 Å². The Morgan fingerprint density at radius 2 is 1.38 bits per heavy atom. The predicted molar refractivity (Wildman–Crippen MR) is 36.8 cm³/mol. The molecule has 0 fully saturated rings. The van der Waals surface area contributed by atoms with Crippen LogP contribution in [-0.2, 0) is 0 Å². The molecule has 0 aromatic rings. The molecule has 0 saturated carbocycles. The van der Waals surface area contributed by atoms with Crippen LogP contribution in [-0.4, -0.2) is 5.67 Å². The van der Waals surface area contributed by atoms with E-state index in [9.17, 15) is 4.39 Å². The third kappa shape index (κ3) is 16.8. The summed E-state index contributed by atoms with van der Waals surface area (Å²) in [6, 6.07) is 0. The maximum Gasteiger partial charge on any atom is 0.105 e. The van der Waals surface area contributed by atoms with Gasteiger partial charge < -0.3 is 0 Å². The van der Waals surface area contributed by atoms with Gasteiger partial charge in [0.2, 0.25) is 0 Å². The zero-order valence-electron chi connectivity index (χ0n) is 6.59. The standard InChI is InChI=1S/C5H11F.C2H6/c1-4-5(2,3)6;1-2/h4H2,1-3H3;1-2H3. The first-order valence-corrected chi connectivity index (χ1v) is 3.25. The molecule has 0 aromatic heterocycles. The molecule has 0 heterocycles. The number of rotatable bonds is 1. The maximum absolute atomic E-state index is 12.1. The largest absolute Gasteiger partial charge is 0.245 e. The molecule has 0 atom stereocenters. The highest BCUT2D eigenvalue weighted by atomic mass is 19.1. The van der Waals surface area contributed by atoms with Gasteiger partial charge >= 0.3 is 0 Å². The van der Waals surface area contributed by atoms with Crippen molar-refractivity contribution in [3.63, 3.8) is 0 Å². The summed E-state index contributed by atoms with van der Waals surface area (Å²) in [7, 11) is 0. The van der Waals surface area contributed by atoms with E-state index in [0.29, 0.717) is 6.42 Å². The summed E-state index contributed by atoms with van der Waals surface area (Å²) >= 11 is 0. The lowest BCUT2D eigenvalue weighted by Crippen LogP contribution is -2.07. The van der Waals surface area contributed by atoms with E-state index in [1.165, 1.54) is 0 Å². The van der Waals surface area contributed by atoms with Gasteiger partial charge in [0.05, 0.1) is 0 Å². The lowest BCUT2D eigenvalue weighted by Gasteiger charge is -2.07. The van der Waals surface area contributed by atoms with Gasteiger partial charge in [-0.05, 0) is 20.3 Å². The Kier molecular flexibility index (Phi) is 6.87. The second-order valence-electron chi connectivity index (χ2n) is 2.07. The van der Waals surface area contributed by atoms with Crippen molar-refractivity contribution in [2.45, 2.75) is 46.7 Å². The van der Waals surface area contributed by atoms with Gasteiger partial charge in [-0.1, -0.05) is 20.8 Å². The second kappa shape index (κ2) is 5.07. The Labute approximate surface area is 52.1 Å². The van der Waals surface area contributed by atoms with Crippen LogP contribution in [0.4, 0.5) is 4.39 Å². The van der Waals surface area contributed by atoms with Crippen molar-refractivity contribution in [2.24, 2.45) is 0 Å². The molecule has 0 aliphatic rings. The first-order chi connectivity index (χ1) is 3.56. The van der Waals surface area contributed by atoms with Gasteiger partial charge in [0.25, 0.3) is 0 Å². The zero-order chi connectivity index (χ0) is 7.21. The first kappa shape index (κ1) is 10.8.